The van der Waals surface area contributed by atoms with Gasteiger partial charge in [0.15, 0.2) is 0 Å². The average molecular weight is 386 g/mol. The van der Waals surface area contributed by atoms with Crippen LogP contribution in [0.25, 0.3) is 10.2 Å². The molecule has 138 valence electrons. The van der Waals surface area contributed by atoms with Crippen molar-refractivity contribution >= 4 is 33.1 Å². The molecule has 3 N–H and O–H groups in total. The molecule has 1 aromatic carbocycles. The Balaban J connectivity index is 1.27. The molecule has 0 radical (unpaired) electrons. The summed E-state index contributed by atoms with van der Waals surface area (Å²) >= 11 is 1.63. The van der Waals surface area contributed by atoms with Crippen LogP contribution in [0, 0.1) is 0 Å². The van der Waals surface area contributed by atoms with Crippen LogP contribution in [0.3, 0.4) is 0 Å². The van der Waals surface area contributed by atoms with Gasteiger partial charge in [-0.05, 0) is 46.9 Å². The van der Waals surface area contributed by atoms with Crippen molar-refractivity contribution in [2.24, 2.45) is 5.73 Å². The molecule has 6 heteroatoms. The number of anilines is 1. The number of nitrogens with two attached hydrogens (primary N) is 1. The van der Waals surface area contributed by atoms with E-state index in [-0.39, 0.29) is 5.91 Å². The number of benzene rings is 1. The summed E-state index contributed by atoms with van der Waals surface area (Å²) in [6, 6.07) is 11.8. The first kappa shape index (κ1) is 16.8. The first-order chi connectivity index (χ1) is 13.7. The molecule has 3 aromatic rings. The zero-order valence-corrected chi connectivity index (χ0v) is 15.9. The Morgan fingerprint density at radius 1 is 1.18 bits per heavy atom. The highest BCUT2D eigenvalue weighted by molar-refractivity contribution is 7.16. The van der Waals surface area contributed by atoms with Crippen molar-refractivity contribution in [3.05, 3.63) is 94.3 Å². The average Bonchev–Trinajstić information content (AvgIpc) is 3.44. The van der Waals surface area contributed by atoms with E-state index < -0.39 is 0 Å². The van der Waals surface area contributed by atoms with Gasteiger partial charge in [-0.3, -0.25) is 4.79 Å². The fraction of sp³-hybridized carbons (Fsp3) is 0.0909. The number of aromatic nitrogens is 1. The molecule has 1 aliphatic heterocycles. The number of rotatable bonds is 4. The number of hydrogen-bond donors (Lipinski definition) is 2. The first-order valence-electron chi connectivity index (χ1n) is 9.04. The molecule has 0 unspecified atom stereocenters. The highest BCUT2D eigenvalue weighted by Gasteiger charge is 2.26. The molecule has 0 atom stereocenters. The van der Waals surface area contributed by atoms with Crippen LogP contribution in [-0.2, 0) is 6.54 Å². The first-order valence-corrected chi connectivity index (χ1v) is 9.92. The van der Waals surface area contributed by atoms with Crippen LogP contribution in [0.4, 0.5) is 5.69 Å². The van der Waals surface area contributed by atoms with E-state index in [1.54, 1.807) is 16.2 Å². The Morgan fingerprint density at radius 3 is 2.86 bits per heavy atom. The molecule has 0 spiro atoms. The minimum atomic E-state index is -0.00998. The van der Waals surface area contributed by atoms with Gasteiger partial charge in [0.2, 0.25) is 0 Å². The number of thiophene rings is 1. The highest BCUT2D eigenvalue weighted by Crippen LogP contribution is 2.30. The van der Waals surface area contributed by atoms with Crippen LogP contribution in [0.15, 0.2) is 83.2 Å². The topological polar surface area (TPSA) is 71.2 Å². The van der Waals surface area contributed by atoms with Crippen molar-refractivity contribution in [1.29, 1.82) is 0 Å². The Hall–Kier alpha value is -3.38. The molecule has 1 aliphatic carbocycles. The second-order valence-corrected chi connectivity index (χ2v) is 7.73. The molecule has 28 heavy (non-hydrogen) atoms. The molecular formula is C22H18N4OS. The molecule has 1 amide bonds. The molecular weight excluding hydrogens is 368 g/mol. The predicted octanol–water partition coefficient (Wildman–Crippen LogP) is 4.03. The largest absolute Gasteiger partial charge is 0.398 e. The fourth-order valence-corrected chi connectivity index (χ4v) is 4.28. The lowest BCUT2D eigenvalue weighted by atomic mass is 10.1. The minimum Gasteiger partial charge on any atom is -0.398 e. The van der Waals surface area contributed by atoms with E-state index in [0.29, 0.717) is 18.7 Å². The molecule has 5 nitrogen and oxygen atoms in total. The van der Waals surface area contributed by atoms with Crippen LogP contribution in [0.1, 0.15) is 15.9 Å². The maximum Gasteiger partial charge on any atom is 0.258 e. The number of fused-ring (bicyclic) bond motifs is 2. The van der Waals surface area contributed by atoms with E-state index in [9.17, 15) is 4.79 Å². The summed E-state index contributed by atoms with van der Waals surface area (Å²) in [4.78, 5) is 19.9. The predicted molar refractivity (Wildman–Crippen MR) is 113 cm³/mol. The molecule has 0 fully saturated rings. The summed E-state index contributed by atoms with van der Waals surface area (Å²) in [6.07, 6.45) is 7.53. The van der Waals surface area contributed by atoms with Gasteiger partial charge in [-0.15, -0.1) is 11.3 Å². The number of pyridine rings is 1. The van der Waals surface area contributed by atoms with Crippen LogP contribution in [-0.4, -0.2) is 22.3 Å². The van der Waals surface area contributed by atoms with Crippen LogP contribution < -0.4 is 11.1 Å². The van der Waals surface area contributed by atoms with Gasteiger partial charge in [0, 0.05) is 46.8 Å². The number of carbonyl (C=O) groups excluding carboxylic acids is 1. The molecule has 2 aliphatic rings. The van der Waals surface area contributed by atoms with E-state index in [0.717, 1.165) is 38.3 Å². The lowest BCUT2D eigenvalue weighted by molar-refractivity contribution is 0.0839. The lowest BCUT2D eigenvalue weighted by Gasteiger charge is -2.14. The zero-order valence-electron chi connectivity index (χ0n) is 15.1. The maximum atomic E-state index is 12.8. The number of nitrogens with one attached hydrogen (secondary N) is 1. The van der Waals surface area contributed by atoms with Crippen LogP contribution >= 0.6 is 11.3 Å². The van der Waals surface area contributed by atoms with Crippen molar-refractivity contribution in [1.82, 2.24) is 9.88 Å². The molecule has 3 heterocycles. The van der Waals surface area contributed by atoms with Gasteiger partial charge >= 0.3 is 0 Å². The molecule has 0 saturated heterocycles. The summed E-state index contributed by atoms with van der Waals surface area (Å²) in [5, 5.41) is 6.64. The second-order valence-electron chi connectivity index (χ2n) is 6.84. The van der Waals surface area contributed by atoms with Crippen molar-refractivity contribution in [2.45, 2.75) is 6.54 Å². The SMILES string of the molecule is NC1=CC=C2CN(C(=O)c3ccc(CNc4ccnc5sccc45)cc3)C=C12. The van der Waals surface area contributed by atoms with E-state index >= 15 is 0 Å². The molecule has 5 rings (SSSR count). The number of allylic oxidation sites excluding steroid dienone is 3. The van der Waals surface area contributed by atoms with Gasteiger partial charge in [0.25, 0.3) is 5.91 Å². The van der Waals surface area contributed by atoms with Crippen LogP contribution in [0.5, 0.6) is 0 Å². The summed E-state index contributed by atoms with van der Waals surface area (Å²) < 4.78 is 0. The monoisotopic (exact) mass is 386 g/mol. The summed E-state index contributed by atoms with van der Waals surface area (Å²) in [5.41, 5.74) is 11.6. The molecule has 0 saturated carbocycles. The van der Waals surface area contributed by atoms with E-state index in [2.05, 4.69) is 16.4 Å². The third kappa shape index (κ3) is 2.88. The minimum absolute atomic E-state index is 0.00998. The number of amides is 1. The summed E-state index contributed by atoms with van der Waals surface area (Å²) in [7, 11) is 0. The quantitative estimate of drug-likeness (QED) is 0.710. The van der Waals surface area contributed by atoms with Crippen molar-refractivity contribution in [2.75, 3.05) is 11.9 Å². The standard InChI is InChI=1S/C22H18N4OS/c23-19-6-5-16-12-26(13-18(16)19)22(27)15-3-1-14(2-4-15)11-25-20-7-9-24-21-17(20)8-10-28-21/h1-10,13H,11-12,23H2,(H,24,25). The third-order valence-electron chi connectivity index (χ3n) is 5.06. The Bertz CT molecular complexity index is 1170. The van der Waals surface area contributed by atoms with E-state index in [1.165, 1.54) is 0 Å². The summed E-state index contributed by atoms with van der Waals surface area (Å²) in [6.45, 7) is 1.26. The number of carbonyl (C=O) groups is 1. The van der Waals surface area contributed by atoms with Crippen molar-refractivity contribution in [3.8, 4) is 0 Å². The van der Waals surface area contributed by atoms with Gasteiger partial charge < -0.3 is 16.0 Å². The number of hydrogen-bond acceptors (Lipinski definition) is 5. The van der Waals surface area contributed by atoms with Crippen LogP contribution in [0.2, 0.25) is 0 Å². The van der Waals surface area contributed by atoms with E-state index in [4.69, 9.17) is 5.73 Å². The van der Waals surface area contributed by atoms with Gasteiger partial charge in [-0.2, -0.15) is 0 Å². The lowest BCUT2D eigenvalue weighted by Crippen LogP contribution is -2.24. The van der Waals surface area contributed by atoms with E-state index in [1.807, 2.05) is 60.3 Å². The van der Waals surface area contributed by atoms with Gasteiger partial charge in [0.1, 0.15) is 4.83 Å². The highest BCUT2D eigenvalue weighted by atomic mass is 32.1. The fourth-order valence-electron chi connectivity index (χ4n) is 3.52. The Morgan fingerprint density at radius 2 is 2.04 bits per heavy atom. The Labute approximate surface area is 166 Å². The number of nitrogens with zero attached hydrogens (tertiary/aromatic N) is 2. The maximum absolute atomic E-state index is 12.8. The summed E-state index contributed by atoms with van der Waals surface area (Å²) in [5.74, 6) is -0.00998. The van der Waals surface area contributed by atoms with Crippen molar-refractivity contribution < 1.29 is 4.79 Å². The smallest absolute Gasteiger partial charge is 0.258 e. The van der Waals surface area contributed by atoms with Gasteiger partial charge in [-0.1, -0.05) is 18.2 Å². The second kappa shape index (κ2) is 6.65. The molecule has 2 aromatic heterocycles. The third-order valence-corrected chi connectivity index (χ3v) is 5.88. The van der Waals surface area contributed by atoms with Gasteiger partial charge in [-0.25, -0.2) is 4.98 Å². The van der Waals surface area contributed by atoms with Crippen molar-refractivity contribution in [3.63, 3.8) is 0 Å². The van der Waals surface area contributed by atoms with Gasteiger partial charge in [0.05, 0.1) is 6.54 Å². The Kier molecular flexibility index (Phi) is 3.98. The molecule has 0 bridgehead atoms. The normalized spacial score (nSPS) is 15.3. The zero-order chi connectivity index (χ0) is 19.1.